The Morgan fingerprint density at radius 1 is 1.17 bits per heavy atom. The molecule has 2 aromatic rings. The number of carbonyl (C=O) groups excluding carboxylic acids is 1. The first-order chi connectivity index (χ1) is 14.5. The molecule has 4 rings (SSSR count). The Morgan fingerprint density at radius 2 is 1.93 bits per heavy atom. The van der Waals surface area contributed by atoms with Gasteiger partial charge in [0, 0.05) is 24.4 Å². The summed E-state index contributed by atoms with van der Waals surface area (Å²) in [5, 5.41) is 9.85. The number of thioether (sulfide) groups is 1. The van der Waals surface area contributed by atoms with Gasteiger partial charge < -0.3 is 19.5 Å². The predicted octanol–water partition coefficient (Wildman–Crippen LogP) is 4.16. The second kappa shape index (κ2) is 9.31. The third kappa shape index (κ3) is 4.93. The fourth-order valence-corrected chi connectivity index (χ4v) is 4.29. The predicted molar refractivity (Wildman–Crippen MR) is 121 cm³/mol. The summed E-state index contributed by atoms with van der Waals surface area (Å²) < 4.78 is 11.7. The summed E-state index contributed by atoms with van der Waals surface area (Å²) in [6.45, 7) is 2.85. The number of aliphatic hydroxyl groups excluding tert-OH is 1. The zero-order valence-corrected chi connectivity index (χ0v) is 18.4. The zero-order chi connectivity index (χ0) is 21.1. The van der Waals surface area contributed by atoms with Gasteiger partial charge in [0.2, 0.25) is 0 Å². The van der Waals surface area contributed by atoms with Gasteiger partial charge in [0.05, 0.1) is 6.10 Å². The van der Waals surface area contributed by atoms with Gasteiger partial charge in [-0.1, -0.05) is 12.1 Å². The lowest BCUT2D eigenvalue weighted by molar-refractivity contribution is -0.122. The molecule has 0 aromatic heterocycles. The molecule has 30 heavy (non-hydrogen) atoms. The van der Waals surface area contributed by atoms with E-state index in [1.54, 1.807) is 16.7 Å². The second-order valence-electron chi connectivity index (χ2n) is 8.10. The molecule has 160 valence electrons. The number of ether oxygens (including phenoxy) is 2. The van der Waals surface area contributed by atoms with E-state index >= 15 is 0 Å². The molecule has 0 bridgehead atoms. The standard InChI is InChI=1S/C24H29NO4S/c1-16-13-19(7-10-22(16)28-14-20(26)15-30-2)25-12-11-23(24(25)27)29-21-8-5-18(6-9-21)17-3-4-17/h5-10,13,17,20,23,26H,3-4,11-12,14-15H2,1-2H3/t20-,23?/m1/s1. The lowest BCUT2D eigenvalue weighted by Gasteiger charge is -2.19. The van der Waals surface area contributed by atoms with E-state index in [1.165, 1.54) is 18.4 Å². The molecule has 1 N–H and O–H groups in total. The molecule has 2 fully saturated rings. The van der Waals surface area contributed by atoms with E-state index in [-0.39, 0.29) is 12.5 Å². The fraction of sp³-hybridized carbons (Fsp3) is 0.458. The maximum Gasteiger partial charge on any atom is 0.268 e. The Hall–Kier alpha value is -2.18. The summed E-state index contributed by atoms with van der Waals surface area (Å²) in [5.74, 6) is 2.83. The van der Waals surface area contributed by atoms with Crippen molar-refractivity contribution in [3.63, 3.8) is 0 Å². The van der Waals surface area contributed by atoms with Crippen LogP contribution in [0.5, 0.6) is 11.5 Å². The maximum absolute atomic E-state index is 12.9. The largest absolute Gasteiger partial charge is 0.491 e. The molecule has 0 spiro atoms. The van der Waals surface area contributed by atoms with Gasteiger partial charge in [-0.3, -0.25) is 4.79 Å². The highest BCUT2D eigenvalue weighted by atomic mass is 32.2. The van der Waals surface area contributed by atoms with Crippen molar-refractivity contribution in [2.24, 2.45) is 0 Å². The molecule has 0 radical (unpaired) electrons. The van der Waals surface area contributed by atoms with Gasteiger partial charge in [0.25, 0.3) is 5.91 Å². The highest BCUT2D eigenvalue weighted by molar-refractivity contribution is 7.98. The number of rotatable bonds is 9. The Kier molecular flexibility index (Phi) is 6.54. The molecule has 6 heteroatoms. The quantitative estimate of drug-likeness (QED) is 0.651. The third-order valence-electron chi connectivity index (χ3n) is 5.62. The van der Waals surface area contributed by atoms with E-state index < -0.39 is 12.2 Å². The Bertz CT molecular complexity index is 881. The van der Waals surface area contributed by atoms with E-state index in [2.05, 4.69) is 12.1 Å². The van der Waals surface area contributed by atoms with Crippen LogP contribution in [0.1, 0.15) is 36.3 Å². The molecule has 1 saturated carbocycles. The van der Waals surface area contributed by atoms with Crippen molar-refractivity contribution in [1.82, 2.24) is 0 Å². The van der Waals surface area contributed by atoms with E-state index in [9.17, 15) is 9.90 Å². The molecule has 1 aliphatic heterocycles. The summed E-state index contributed by atoms with van der Waals surface area (Å²) in [6.07, 6.45) is 4.23. The first-order valence-electron chi connectivity index (χ1n) is 10.5. The fourth-order valence-electron chi connectivity index (χ4n) is 3.81. The highest BCUT2D eigenvalue weighted by Gasteiger charge is 2.34. The molecule has 2 aromatic carbocycles. The van der Waals surface area contributed by atoms with Crippen molar-refractivity contribution in [2.75, 3.05) is 30.1 Å². The zero-order valence-electron chi connectivity index (χ0n) is 17.5. The van der Waals surface area contributed by atoms with Gasteiger partial charge >= 0.3 is 0 Å². The monoisotopic (exact) mass is 427 g/mol. The van der Waals surface area contributed by atoms with Gasteiger partial charge in [-0.05, 0) is 73.4 Å². The summed E-state index contributed by atoms with van der Waals surface area (Å²) in [7, 11) is 0. The third-order valence-corrected chi connectivity index (χ3v) is 6.34. The van der Waals surface area contributed by atoms with E-state index in [0.29, 0.717) is 24.6 Å². The van der Waals surface area contributed by atoms with Crippen molar-refractivity contribution in [3.8, 4) is 11.5 Å². The molecular formula is C24H29NO4S. The number of carbonyl (C=O) groups is 1. The molecule has 1 amide bonds. The van der Waals surface area contributed by atoms with Crippen molar-refractivity contribution in [3.05, 3.63) is 53.6 Å². The van der Waals surface area contributed by atoms with Crippen LogP contribution in [0, 0.1) is 6.92 Å². The maximum atomic E-state index is 12.9. The number of aliphatic hydroxyl groups is 1. The number of anilines is 1. The second-order valence-corrected chi connectivity index (χ2v) is 9.01. The molecule has 5 nitrogen and oxygen atoms in total. The number of aryl methyl sites for hydroxylation is 1. The SMILES string of the molecule is CSC[C@H](O)COc1ccc(N2CCC(Oc3ccc(C4CC4)cc3)C2=O)cc1C. The number of hydrogen-bond donors (Lipinski definition) is 1. The van der Waals surface area contributed by atoms with Crippen molar-refractivity contribution < 1.29 is 19.4 Å². The van der Waals surface area contributed by atoms with Crippen LogP contribution in [0.2, 0.25) is 0 Å². The lowest BCUT2D eigenvalue weighted by atomic mass is 10.1. The topological polar surface area (TPSA) is 59.0 Å². The highest BCUT2D eigenvalue weighted by Crippen LogP contribution is 2.40. The molecule has 1 unspecified atom stereocenters. The number of benzene rings is 2. The summed E-state index contributed by atoms with van der Waals surface area (Å²) in [6, 6.07) is 13.9. The lowest BCUT2D eigenvalue weighted by Crippen LogP contribution is -2.32. The Labute approximate surface area is 182 Å². The van der Waals surface area contributed by atoms with Crippen LogP contribution in [0.15, 0.2) is 42.5 Å². The first kappa shape index (κ1) is 21.1. The van der Waals surface area contributed by atoms with E-state index in [0.717, 1.165) is 22.7 Å². The van der Waals surface area contributed by atoms with Gasteiger partial charge in [0.15, 0.2) is 6.10 Å². The van der Waals surface area contributed by atoms with E-state index in [1.807, 2.05) is 43.5 Å². The van der Waals surface area contributed by atoms with Gasteiger partial charge in [-0.2, -0.15) is 11.8 Å². The van der Waals surface area contributed by atoms with Crippen molar-refractivity contribution in [1.29, 1.82) is 0 Å². The average molecular weight is 428 g/mol. The number of hydrogen-bond acceptors (Lipinski definition) is 5. The number of nitrogens with zero attached hydrogens (tertiary/aromatic N) is 1. The molecular weight excluding hydrogens is 398 g/mol. The van der Waals surface area contributed by atoms with Crippen LogP contribution in [-0.2, 0) is 4.79 Å². The van der Waals surface area contributed by atoms with Crippen LogP contribution in [0.4, 0.5) is 5.69 Å². The van der Waals surface area contributed by atoms with Crippen LogP contribution in [0.3, 0.4) is 0 Å². The van der Waals surface area contributed by atoms with Crippen molar-refractivity contribution >= 4 is 23.4 Å². The minimum atomic E-state index is -0.490. The minimum absolute atomic E-state index is 0.00951. The van der Waals surface area contributed by atoms with Crippen LogP contribution in [-0.4, -0.2) is 48.4 Å². The first-order valence-corrected chi connectivity index (χ1v) is 11.9. The van der Waals surface area contributed by atoms with Crippen LogP contribution >= 0.6 is 11.8 Å². The summed E-state index contributed by atoms with van der Waals surface area (Å²) >= 11 is 1.59. The summed E-state index contributed by atoms with van der Waals surface area (Å²) in [5.41, 5.74) is 3.15. The van der Waals surface area contributed by atoms with E-state index in [4.69, 9.17) is 9.47 Å². The average Bonchev–Trinajstić information content (AvgIpc) is 3.52. The molecule has 2 atom stereocenters. The normalized spacial score (nSPS) is 19.8. The minimum Gasteiger partial charge on any atom is -0.491 e. The smallest absolute Gasteiger partial charge is 0.268 e. The Morgan fingerprint density at radius 3 is 2.60 bits per heavy atom. The van der Waals surface area contributed by atoms with Crippen LogP contribution < -0.4 is 14.4 Å². The van der Waals surface area contributed by atoms with Gasteiger partial charge in [-0.15, -0.1) is 0 Å². The molecule has 1 saturated heterocycles. The Balaban J connectivity index is 1.36. The van der Waals surface area contributed by atoms with Gasteiger partial charge in [-0.25, -0.2) is 0 Å². The number of amides is 1. The molecule has 2 aliphatic rings. The molecule has 1 heterocycles. The summed E-state index contributed by atoms with van der Waals surface area (Å²) in [4.78, 5) is 14.7. The molecule has 1 aliphatic carbocycles. The van der Waals surface area contributed by atoms with Gasteiger partial charge in [0.1, 0.15) is 18.1 Å². The van der Waals surface area contributed by atoms with Crippen LogP contribution in [0.25, 0.3) is 0 Å². The van der Waals surface area contributed by atoms with Crippen molar-refractivity contribution in [2.45, 2.75) is 44.3 Å².